The fraction of sp³-hybridized carbons (Fsp3) is 0.167. The van der Waals surface area contributed by atoms with Crippen molar-refractivity contribution in [3.8, 4) is 5.69 Å². The first-order chi connectivity index (χ1) is 15.2. The molecule has 4 nitrogen and oxygen atoms in total. The molecule has 0 spiro atoms. The van der Waals surface area contributed by atoms with Crippen molar-refractivity contribution in [1.29, 1.82) is 0 Å². The molecule has 1 fully saturated rings. The Morgan fingerprint density at radius 1 is 1.03 bits per heavy atom. The molecule has 1 aliphatic rings. The van der Waals surface area contributed by atoms with Crippen LogP contribution in [0, 0.1) is 26.6 Å². The number of imide groups is 1. The molecule has 8 heteroatoms. The van der Waals surface area contributed by atoms with Gasteiger partial charge in [-0.05, 0) is 80.1 Å². The molecule has 0 N–H and O–H groups in total. The van der Waals surface area contributed by atoms with Crippen molar-refractivity contribution in [2.45, 2.75) is 27.3 Å². The fourth-order valence-corrected chi connectivity index (χ4v) is 4.98. The van der Waals surface area contributed by atoms with Crippen LogP contribution in [0.4, 0.5) is 9.18 Å². The second-order valence-corrected chi connectivity index (χ2v) is 9.32. The monoisotopic (exact) mass is 488 g/mol. The van der Waals surface area contributed by atoms with Crippen LogP contribution >= 0.6 is 35.0 Å². The van der Waals surface area contributed by atoms with E-state index in [0.717, 1.165) is 44.9 Å². The van der Waals surface area contributed by atoms with E-state index in [1.54, 1.807) is 6.08 Å². The van der Waals surface area contributed by atoms with Gasteiger partial charge in [0, 0.05) is 32.7 Å². The highest BCUT2D eigenvalue weighted by molar-refractivity contribution is 8.18. The fourth-order valence-electron chi connectivity index (χ4n) is 3.76. The number of rotatable bonds is 4. The maximum absolute atomic E-state index is 14.2. The molecular formula is C24H19Cl2FN2O2S. The lowest BCUT2D eigenvalue weighted by Gasteiger charge is -2.14. The van der Waals surface area contributed by atoms with Crippen LogP contribution in [0.5, 0.6) is 0 Å². The normalized spacial score (nSPS) is 15.3. The first kappa shape index (κ1) is 22.6. The third kappa shape index (κ3) is 3.98. The number of hydrogen-bond donors (Lipinski definition) is 0. The Bertz CT molecular complexity index is 1280. The van der Waals surface area contributed by atoms with Crippen molar-refractivity contribution in [2.24, 2.45) is 0 Å². The zero-order chi connectivity index (χ0) is 23.2. The predicted octanol–water partition coefficient (Wildman–Crippen LogP) is 7.08. The smallest absolute Gasteiger partial charge is 0.293 e. The van der Waals surface area contributed by atoms with Gasteiger partial charge in [-0.2, -0.15) is 0 Å². The molecule has 1 saturated heterocycles. The molecular weight excluding hydrogens is 470 g/mol. The van der Waals surface area contributed by atoms with Crippen LogP contribution in [0.2, 0.25) is 10.0 Å². The van der Waals surface area contributed by atoms with E-state index in [9.17, 15) is 14.0 Å². The number of halogens is 3. The van der Waals surface area contributed by atoms with Crippen LogP contribution in [0.3, 0.4) is 0 Å². The average Bonchev–Trinajstić information content (AvgIpc) is 3.16. The standard InChI is InChI=1S/C24H19Cl2FN2O2S/c1-13-10-16(15(3)29(13)21-9-5-6-18(25)14(21)2)11-22-23(30)28(24(31)32-22)12-17-19(26)7-4-8-20(17)27/h4-11H,12H2,1-3H3/b22-11-. The van der Waals surface area contributed by atoms with Gasteiger partial charge >= 0.3 is 0 Å². The van der Waals surface area contributed by atoms with Crippen LogP contribution in [-0.2, 0) is 11.3 Å². The van der Waals surface area contributed by atoms with Gasteiger partial charge in [-0.1, -0.05) is 35.3 Å². The summed E-state index contributed by atoms with van der Waals surface area (Å²) in [6, 6.07) is 11.9. The van der Waals surface area contributed by atoms with Crippen molar-refractivity contribution in [3.63, 3.8) is 0 Å². The Kier molecular flexibility index (Phi) is 6.21. The maximum atomic E-state index is 14.2. The Hall–Kier alpha value is -2.54. The summed E-state index contributed by atoms with van der Waals surface area (Å²) in [7, 11) is 0. The van der Waals surface area contributed by atoms with E-state index in [-0.39, 0.29) is 22.0 Å². The lowest BCUT2D eigenvalue weighted by Crippen LogP contribution is -2.28. The van der Waals surface area contributed by atoms with Crippen molar-refractivity contribution < 1.29 is 14.0 Å². The average molecular weight is 489 g/mol. The van der Waals surface area contributed by atoms with Crippen LogP contribution < -0.4 is 0 Å². The molecule has 32 heavy (non-hydrogen) atoms. The molecule has 0 atom stereocenters. The highest BCUT2D eigenvalue weighted by Crippen LogP contribution is 2.36. The number of aryl methyl sites for hydroxylation is 1. The number of nitrogens with zero attached hydrogens (tertiary/aromatic N) is 2. The molecule has 0 radical (unpaired) electrons. The molecule has 0 bridgehead atoms. The van der Waals surface area contributed by atoms with Gasteiger partial charge in [-0.3, -0.25) is 14.5 Å². The number of carbonyl (C=O) groups is 2. The summed E-state index contributed by atoms with van der Waals surface area (Å²) in [5.41, 5.74) is 4.72. The van der Waals surface area contributed by atoms with E-state index in [1.165, 1.54) is 18.2 Å². The largest absolute Gasteiger partial charge is 0.318 e. The first-order valence-electron chi connectivity index (χ1n) is 9.81. The maximum Gasteiger partial charge on any atom is 0.293 e. The van der Waals surface area contributed by atoms with Crippen LogP contribution in [0.25, 0.3) is 11.8 Å². The van der Waals surface area contributed by atoms with Crippen molar-refractivity contribution >= 4 is 52.2 Å². The SMILES string of the molecule is Cc1c(Cl)cccc1-n1c(C)cc(/C=C2\SC(=O)N(Cc3c(F)cccc3Cl)C2=O)c1C. The molecule has 1 aromatic heterocycles. The Balaban J connectivity index is 1.68. The van der Waals surface area contributed by atoms with Gasteiger partial charge in [0.15, 0.2) is 0 Å². The molecule has 3 aromatic rings. The summed E-state index contributed by atoms with van der Waals surface area (Å²) in [4.78, 5) is 26.8. The van der Waals surface area contributed by atoms with Gasteiger partial charge in [0.1, 0.15) is 5.82 Å². The summed E-state index contributed by atoms with van der Waals surface area (Å²) < 4.78 is 16.2. The summed E-state index contributed by atoms with van der Waals surface area (Å²) in [5.74, 6) is -1.02. The van der Waals surface area contributed by atoms with Gasteiger partial charge in [0.05, 0.1) is 11.4 Å². The second-order valence-electron chi connectivity index (χ2n) is 7.51. The summed E-state index contributed by atoms with van der Waals surface area (Å²) in [6.07, 6.45) is 1.70. The van der Waals surface area contributed by atoms with Crippen molar-refractivity contribution in [1.82, 2.24) is 9.47 Å². The summed E-state index contributed by atoms with van der Waals surface area (Å²) in [6.45, 7) is 5.66. The summed E-state index contributed by atoms with van der Waals surface area (Å²) >= 11 is 13.2. The molecule has 4 rings (SSSR count). The van der Waals surface area contributed by atoms with Gasteiger partial charge in [0.25, 0.3) is 11.1 Å². The lowest BCUT2D eigenvalue weighted by atomic mass is 10.2. The third-order valence-electron chi connectivity index (χ3n) is 5.49. The molecule has 1 aliphatic heterocycles. The molecule has 0 aliphatic carbocycles. The highest BCUT2D eigenvalue weighted by atomic mass is 35.5. The van der Waals surface area contributed by atoms with E-state index < -0.39 is 17.0 Å². The van der Waals surface area contributed by atoms with Gasteiger partial charge in [-0.15, -0.1) is 0 Å². The Labute approximate surface area is 199 Å². The van der Waals surface area contributed by atoms with Crippen LogP contribution in [0.15, 0.2) is 47.4 Å². The number of carbonyl (C=O) groups excluding carboxylic acids is 2. The number of hydrogen-bond acceptors (Lipinski definition) is 3. The first-order valence-corrected chi connectivity index (χ1v) is 11.4. The van der Waals surface area contributed by atoms with E-state index >= 15 is 0 Å². The summed E-state index contributed by atoms with van der Waals surface area (Å²) in [5, 5.41) is 0.387. The van der Waals surface area contributed by atoms with E-state index in [0.29, 0.717) is 5.02 Å². The quantitative estimate of drug-likeness (QED) is 0.368. The molecule has 2 aromatic carbocycles. The lowest BCUT2D eigenvalue weighted by molar-refractivity contribution is -0.123. The number of aromatic nitrogens is 1. The minimum absolute atomic E-state index is 0.118. The topological polar surface area (TPSA) is 42.3 Å². The van der Waals surface area contributed by atoms with Crippen molar-refractivity contribution in [3.05, 3.63) is 91.3 Å². The minimum atomic E-state index is -0.555. The van der Waals surface area contributed by atoms with E-state index in [2.05, 4.69) is 4.57 Å². The minimum Gasteiger partial charge on any atom is -0.318 e. The van der Waals surface area contributed by atoms with Gasteiger partial charge in [-0.25, -0.2) is 4.39 Å². The molecule has 2 heterocycles. The van der Waals surface area contributed by atoms with Gasteiger partial charge in [0.2, 0.25) is 0 Å². The third-order valence-corrected chi connectivity index (χ3v) is 7.16. The zero-order valence-electron chi connectivity index (χ0n) is 17.6. The number of benzene rings is 2. The van der Waals surface area contributed by atoms with Gasteiger partial charge < -0.3 is 4.57 Å². The Morgan fingerprint density at radius 3 is 2.44 bits per heavy atom. The van der Waals surface area contributed by atoms with Crippen LogP contribution in [0.1, 0.15) is 28.1 Å². The van der Waals surface area contributed by atoms with Crippen molar-refractivity contribution in [2.75, 3.05) is 0 Å². The molecule has 0 saturated carbocycles. The highest BCUT2D eigenvalue weighted by Gasteiger charge is 2.36. The molecule has 0 unspecified atom stereocenters. The Morgan fingerprint density at radius 2 is 1.72 bits per heavy atom. The number of thioether (sulfide) groups is 1. The second kappa shape index (κ2) is 8.77. The zero-order valence-corrected chi connectivity index (χ0v) is 19.9. The van der Waals surface area contributed by atoms with E-state index in [1.807, 2.05) is 45.0 Å². The number of amides is 2. The van der Waals surface area contributed by atoms with Crippen LogP contribution in [-0.4, -0.2) is 20.6 Å². The molecule has 2 amide bonds. The predicted molar refractivity (Wildman–Crippen MR) is 128 cm³/mol. The van der Waals surface area contributed by atoms with E-state index in [4.69, 9.17) is 23.2 Å². The molecule has 164 valence electrons.